The van der Waals surface area contributed by atoms with Crippen molar-refractivity contribution in [2.45, 2.75) is 26.3 Å². The van der Waals surface area contributed by atoms with Gasteiger partial charge < -0.3 is 20.3 Å². The molecule has 0 fully saturated rings. The van der Waals surface area contributed by atoms with Gasteiger partial charge in [-0.1, -0.05) is 18.2 Å². The van der Waals surface area contributed by atoms with Gasteiger partial charge in [-0.15, -0.1) is 0 Å². The number of rotatable bonds is 7. The summed E-state index contributed by atoms with van der Waals surface area (Å²) in [5.74, 6) is 2.82. The number of guanidine groups is 1. The van der Waals surface area contributed by atoms with Crippen LogP contribution in [-0.2, 0) is 19.4 Å². The van der Waals surface area contributed by atoms with Crippen molar-refractivity contribution in [2.24, 2.45) is 4.99 Å². The van der Waals surface area contributed by atoms with Crippen molar-refractivity contribution < 1.29 is 4.74 Å². The summed E-state index contributed by atoms with van der Waals surface area (Å²) in [4.78, 5) is 11.2. The van der Waals surface area contributed by atoms with Crippen molar-refractivity contribution in [3.63, 3.8) is 0 Å². The number of pyridine rings is 1. The van der Waals surface area contributed by atoms with Crippen LogP contribution in [0.1, 0.15) is 23.6 Å². The number of hydrogen-bond acceptors (Lipinski definition) is 4. The van der Waals surface area contributed by atoms with Crippen LogP contribution in [0, 0.1) is 0 Å². The fraction of sp³-hybridized carbons (Fsp3) is 0.429. The highest BCUT2D eigenvalue weighted by molar-refractivity contribution is 5.79. The lowest BCUT2D eigenvalue weighted by atomic mass is 10.1. The van der Waals surface area contributed by atoms with E-state index in [4.69, 9.17) is 9.73 Å². The van der Waals surface area contributed by atoms with Gasteiger partial charge in [-0.25, -0.2) is 9.98 Å². The Morgan fingerprint density at radius 1 is 1.26 bits per heavy atom. The van der Waals surface area contributed by atoms with Gasteiger partial charge in [0.15, 0.2) is 5.96 Å². The molecule has 1 aromatic heterocycles. The first kappa shape index (κ1) is 19.0. The van der Waals surface area contributed by atoms with Crippen LogP contribution < -0.4 is 20.3 Å². The number of aliphatic imine (C=N–C) groups is 1. The van der Waals surface area contributed by atoms with Crippen molar-refractivity contribution in [3.8, 4) is 5.75 Å². The monoisotopic (exact) mass is 367 g/mol. The van der Waals surface area contributed by atoms with Crippen LogP contribution >= 0.6 is 0 Å². The van der Waals surface area contributed by atoms with E-state index in [2.05, 4.69) is 46.8 Å². The standard InChI is InChI=1S/C21H29N5O/c1-4-22-21(25-15-18-6-5-11-23-20(18)26(2)3)24-12-9-16-7-8-19-17(14-16)10-13-27-19/h5-8,11,14H,4,9-10,12-13,15H2,1-3H3,(H2,22,24,25). The fourth-order valence-electron chi connectivity index (χ4n) is 3.18. The van der Waals surface area contributed by atoms with E-state index in [0.29, 0.717) is 6.54 Å². The topological polar surface area (TPSA) is 61.8 Å². The second-order valence-corrected chi connectivity index (χ2v) is 6.79. The normalized spacial score (nSPS) is 13.1. The van der Waals surface area contributed by atoms with Crippen molar-refractivity contribution >= 4 is 11.8 Å². The van der Waals surface area contributed by atoms with Gasteiger partial charge in [-0.3, -0.25) is 0 Å². The number of nitrogens with one attached hydrogen (secondary N) is 2. The smallest absolute Gasteiger partial charge is 0.191 e. The molecule has 0 saturated heterocycles. The molecule has 0 spiro atoms. The van der Waals surface area contributed by atoms with Gasteiger partial charge in [0.05, 0.1) is 13.2 Å². The maximum atomic E-state index is 5.58. The summed E-state index contributed by atoms with van der Waals surface area (Å²) in [7, 11) is 4.00. The van der Waals surface area contributed by atoms with Gasteiger partial charge in [0.2, 0.25) is 0 Å². The zero-order valence-corrected chi connectivity index (χ0v) is 16.5. The minimum atomic E-state index is 0.590. The number of anilines is 1. The Morgan fingerprint density at radius 2 is 2.15 bits per heavy atom. The Kier molecular flexibility index (Phi) is 6.52. The van der Waals surface area contributed by atoms with E-state index in [1.807, 2.05) is 31.3 Å². The molecule has 0 unspecified atom stereocenters. The second-order valence-electron chi connectivity index (χ2n) is 6.79. The van der Waals surface area contributed by atoms with Gasteiger partial charge in [0, 0.05) is 45.4 Å². The predicted molar refractivity (Wildman–Crippen MR) is 111 cm³/mol. The number of benzene rings is 1. The molecule has 0 bridgehead atoms. The van der Waals surface area contributed by atoms with Crippen LogP contribution in [0.25, 0.3) is 0 Å². The quantitative estimate of drug-likeness (QED) is 0.581. The van der Waals surface area contributed by atoms with E-state index in [9.17, 15) is 0 Å². The summed E-state index contributed by atoms with van der Waals surface area (Å²) in [5, 5.41) is 6.74. The maximum absolute atomic E-state index is 5.58. The molecule has 0 amide bonds. The molecule has 0 saturated carbocycles. The Morgan fingerprint density at radius 3 is 2.96 bits per heavy atom. The van der Waals surface area contributed by atoms with Crippen LogP contribution in [0.15, 0.2) is 41.5 Å². The third kappa shape index (κ3) is 5.12. The van der Waals surface area contributed by atoms with Crippen molar-refractivity contribution in [2.75, 3.05) is 38.7 Å². The van der Waals surface area contributed by atoms with Crippen LogP contribution in [0.2, 0.25) is 0 Å². The summed E-state index contributed by atoms with van der Waals surface area (Å²) < 4.78 is 5.58. The van der Waals surface area contributed by atoms with E-state index >= 15 is 0 Å². The first-order valence-corrected chi connectivity index (χ1v) is 9.55. The van der Waals surface area contributed by atoms with Gasteiger partial charge >= 0.3 is 0 Å². The molecule has 2 aromatic rings. The fourth-order valence-corrected chi connectivity index (χ4v) is 3.18. The molecule has 1 aromatic carbocycles. The molecule has 0 atom stereocenters. The lowest BCUT2D eigenvalue weighted by Crippen LogP contribution is -2.38. The average Bonchev–Trinajstić information content (AvgIpc) is 3.14. The summed E-state index contributed by atoms with van der Waals surface area (Å²) in [6, 6.07) is 10.5. The number of hydrogen-bond donors (Lipinski definition) is 2. The van der Waals surface area contributed by atoms with Crippen molar-refractivity contribution in [1.82, 2.24) is 15.6 Å². The third-order valence-electron chi connectivity index (χ3n) is 4.50. The van der Waals surface area contributed by atoms with Crippen LogP contribution in [-0.4, -0.2) is 44.7 Å². The van der Waals surface area contributed by atoms with E-state index < -0.39 is 0 Å². The molecule has 144 valence electrons. The SMILES string of the molecule is CCNC(=NCc1cccnc1N(C)C)NCCc1ccc2c(c1)CCO2. The molecule has 2 N–H and O–H groups in total. The molecular weight excluding hydrogens is 338 g/mol. The van der Waals surface area contributed by atoms with E-state index in [1.165, 1.54) is 11.1 Å². The first-order chi connectivity index (χ1) is 13.2. The maximum Gasteiger partial charge on any atom is 0.191 e. The molecule has 27 heavy (non-hydrogen) atoms. The Hall–Kier alpha value is -2.76. The highest BCUT2D eigenvalue weighted by atomic mass is 16.5. The molecule has 6 nitrogen and oxygen atoms in total. The zero-order chi connectivity index (χ0) is 19.1. The van der Waals surface area contributed by atoms with Gasteiger partial charge in [0.25, 0.3) is 0 Å². The molecule has 1 aliphatic heterocycles. The highest BCUT2D eigenvalue weighted by Gasteiger charge is 2.12. The summed E-state index contributed by atoms with van der Waals surface area (Å²) >= 11 is 0. The molecule has 0 aliphatic carbocycles. The van der Waals surface area contributed by atoms with Gasteiger partial charge in [-0.05, 0) is 36.6 Å². The average molecular weight is 367 g/mol. The van der Waals surface area contributed by atoms with Gasteiger partial charge in [-0.2, -0.15) is 0 Å². The molecule has 1 aliphatic rings. The summed E-state index contributed by atoms with van der Waals surface area (Å²) in [6.07, 6.45) is 3.78. The second kappa shape index (κ2) is 9.26. The number of ether oxygens (including phenoxy) is 1. The zero-order valence-electron chi connectivity index (χ0n) is 16.5. The van der Waals surface area contributed by atoms with E-state index in [1.54, 1.807) is 0 Å². The largest absolute Gasteiger partial charge is 0.493 e. The first-order valence-electron chi connectivity index (χ1n) is 9.55. The molecule has 0 radical (unpaired) electrons. The molecule has 2 heterocycles. The highest BCUT2D eigenvalue weighted by Crippen LogP contribution is 2.25. The third-order valence-corrected chi connectivity index (χ3v) is 4.50. The minimum Gasteiger partial charge on any atom is -0.493 e. The van der Waals surface area contributed by atoms with Crippen LogP contribution in [0.4, 0.5) is 5.82 Å². The molecular formula is C21H29N5O. The number of fused-ring (bicyclic) bond motifs is 1. The van der Waals surface area contributed by atoms with Crippen LogP contribution in [0.5, 0.6) is 5.75 Å². The minimum absolute atomic E-state index is 0.590. The Bertz CT molecular complexity index is 788. The number of nitrogens with zero attached hydrogens (tertiary/aromatic N) is 3. The molecule has 6 heteroatoms. The van der Waals surface area contributed by atoms with Crippen molar-refractivity contribution in [3.05, 3.63) is 53.2 Å². The summed E-state index contributed by atoms with van der Waals surface area (Å²) in [6.45, 7) is 5.13. The number of aromatic nitrogens is 1. The van der Waals surface area contributed by atoms with Crippen molar-refractivity contribution in [1.29, 1.82) is 0 Å². The lowest BCUT2D eigenvalue weighted by Gasteiger charge is -2.16. The Labute approximate surface area is 161 Å². The van der Waals surface area contributed by atoms with Crippen LogP contribution in [0.3, 0.4) is 0 Å². The lowest BCUT2D eigenvalue weighted by molar-refractivity contribution is 0.357. The predicted octanol–water partition coefficient (Wildman–Crippen LogP) is 2.38. The molecule has 3 rings (SSSR count). The Balaban J connectivity index is 1.58. The van der Waals surface area contributed by atoms with Gasteiger partial charge in [0.1, 0.15) is 11.6 Å². The van der Waals surface area contributed by atoms with E-state index in [0.717, 1.165) is 55.6 Å². The van der Waals surface area contributed by atoms with E-state index in [-0.39, 0.29) is 0 Å². The summed E-state index contributed by atoms with van der Waals surface area (Å²) in [5.41, 5.74) is 3.75.